The van der Waals surface area contributed by atoms with Crippen molar-refractivity contribution in [1.82, 2.24) is 6.15 Å². The van der Waals surface area contributed by atoms with Gasteiger partial charge in [0.05, 0.1) is 11.7 Å². The van der Waals surface area contributed by atoms with Gasteiger partial charge in [-0.05, 0) is 26.7 Å². The van der Waals surface area contributed by atoms with E-state index in [0.29, 0.717) is 12.8 Å². The second-order valence-corrected chi connectivity index (χ2v) is 3.47. The fourth-order valence-electron chi connectivity index (χ4n) is 0.597. The Kier molecular flexibility index (Phi) is 12.3. The second-order valence-electron chi connectivity index (χ2n) is 3.16. The van der Waals surface area contributed by atoms with Crippen molar-refractivity contribution in [3.8, 4) is 0 Å². The molecule has 0 aliphatic rings. The highest BCUT2D eigenvalue weighted by Crippen LogP contribution is 2.12. The lowest BCUT2D eigenvalue weighted by Crippen LogP contribution is -3.00. The summed E-state index contributed by atoms with van der Waals surface area (Å²) in [5, 5.41) is 18.2. The summed E-state index contributed by atoms with van der Waals surface area (Å²) in [6.45, 7) is 3.43. The van der Waals surface area contributed by atoms with Crippen molar-refractivity contribution in [1.29, 1.82) is 0 Å². The first kappa shape index (κ1) is 18.3. The molecular formula is C7H19Cl2NO2. The largest absolute Gasteiger partial charge is 1.00 e. The van der Waals surface area contributed by atoms with E-state index in [1.807, 2.05) is 0 Å². The fraction of sp³-hybridized carbons (Fsp3) is 1.00. The van der Waals surface area contributed by atoms with Crippen molar-refractivity contribution in [3.05, 3.63) is 0 Å². The molecule has 0 spiro atoms. The lowest BCUT2D eigenvalue weighted by Gasteiger charge is -2.17. The van der Waals surface area contributed by atoms with Crippen LogP contribution >= 0.6 is 11.6 Å². The van der Waals surface area contributed by atoms with E-state index in [2.05, 4.69) is 0 Å². The highest BCUT2D eigenvalue weighted by atomic mass is 35.5. The Bertz CT molecular complexity index is 95.9. The van der Waals surface area contributed by atoms with E-state index in [0.717, 1.165) is 0 Å². The summed E-state index contributed by atoms with van der Waals surface area (Å²) in [6, 6.07) is 0. The molecule has 0 aromatic carbocycles. The minimum absolute atomic E-state index is 0. The Morgan fingerprint density at radius 1 is 1.42 bits per heavy atom. The molecule has 0 rings (SSSR count). The second kappa shape index (κ2) is 8.08. The molecule has 0 aromatic heterocycles. The highest BCUT2D eigenvalue weighted by Gasteiger charge is 2.14. The summed E-state index contributed by atoms with van der Waals surface area (Å²) in [5.74, 6) is 0.246. The first-order chi connectivity index (χ1) is 4.45. The molecule has 1 unspecified atom stereocenters. The van der Waals surface area contributed by atoms with Gasteiger partial charge in [0.25, 0.3) is 0 Å². The molecule has 0 fully saturated rings. The van der Waals surface area contributed by atoms with Crippen LogP contribution in [-0.4, -0.2) is 27.8 Å². The predicted molar refractivity (Wildman–Crippen MR) is 48.2 cm³/mol. The maximum atomic E-state index is 9.21. The number of hydrogen-bond donors (Lipinski definition) is 3. The molecule has 78 valence electrons. The Morgan fingerprint density at radius 2 is 1.83 bits per heavy atom. The molecular weight excluding hydrogens is 201 g/mol. The van der Waals surface area contributed by atoms with Gasteiger partial charge in [-0.3, -0.25) is 0 Å². The Balaban J connectivity index is -0.000000405. The number of aliphatic hydroxyl groups is 2. The van der Waals surface area contributed by atoms with Crippen molar-refractivity contribution in [2.45, 2.75) is 38.4 Å². The molecule has 0 radical (unpaired) electrons. The molecule has 12 heavy (non-hydrogen) atoms. The predicted octanol–water partition coefficient (Wildman–Crippen LogP) is -1.48. The van der Waals surface area contributed by atoms with Gasteiger partial charge in [0.1, 0.15) is 0 Å². The summed E-state index contributed by atoms with van der Waals surface area (Å²) >= 11 is 5.35. The Hall–Kier alpha value is 0.460. The van der Waals surface area contributed by atoms with Gasteiger partial charge < -0.3 is 28.8 Å². The molecule has 0 aliphatic heterocycles. The molecule has 3 nitrogen and oxygen atoms in total. The summed E-state index contributed by atoms with van der Waals surface area (Å²) in [7, 11) is 0. The van der Waals surface area contributed by atoms with E-state index in [1.165, 1.54) is 0 Å². The van der Waals surface area contributed by atoms with Crippen LogP contribution in [0.2, 0.25) is 0 Å². The zero-order chi connectivity index (χ0) is 8.20. The van der Waals surface area contributed by atoms with Gasteiger partial charge in [-0.25, -0.2) is 0 Å². The Morgan fingerprint density at radius 3 is 2.08 bits per heavy atom. The van der Waals surface area contributed by atoms with Crippen LogP contribution in [0, 0.1) is 0 Å². The maximum absolute atomic E-state index is 9.21. The molecule has 0 heterocycles. The number of hydrogen-bond acceptors (Lipinski definition) is 2. The van der Waals surface area contributed by atoms with Gasteiger partial charge >= 0.3 is 0 Å². The van der Waals surface area contributed by atoms with E-state index in [-0.39, 0.29) is 24.4 Å². The highest BCUT2D eigenvalue weighted by molar-refractivity contribution is 6.18. The summed E-state index contributed by atoms with van der Waals surface area (Å²) in [6.07, 6.45) is 0.668. The number of quaternary nitrogens is 1. The first-order valence-electron chi connectivity index (χ1n) is 3.42. The number of rotatable bonds is 4. The lowest BCUT2D eigenvalue weighted by molar-refractivity contribution is -0.0000115. The number of halogens is 2. The zero-order valence-corrected chi connectivity index (χ0v) is 9.36. The van der Waals surface area contributed by atoms with E-state index < -0.39 is 11.7 Å². The van der Waals surface area contributed by atoms with E-state index in [9.17, 15) is 5.11 Å². The monoisotopic (exact) mass is 219 g/mol. The summed E-state index contributed by atoms with van der Waals surface area (Å²) in [4.78, 5) is 0. The quantitative estimate of drug-likeness (QED) is 0.505. The third kappa shape index (κ3) is 13.1. The van der Waals surface area contributed by atoms with Crippen LogP contribution in [0.15, 0.2) is 0 Å². The van der Waals surface area contributed by atoms with Crippen molar-refractivity contribution in [2.75, 3.05) is 5.88 Å². The number of alkyl halides is 1. The van der Waals surface area contributed by atoms with Crippen molar-refractivity contribution in [2.24, 2.45) is 0 Å². The van der Waals surface area contributed by atoms with Crippen LogP contribution in [0.25, 0.3) is 0 Å². The molecule has 0 aromatic rings. The topological polar surface area (TPSA) is 77.0 Å². The summed E-state index contributed by atoms with van der Waals surface area (Å²) < 4.78 is 0. The molecule has 0 bridgehead atoms. The van der Waals surface area contributed by atoms with Crippen LogP contribution < -0.4 is 18.6 Å². The first-order valence-corrected chi connectivity index (χ1v) is 3.95. The van der Waals surface area contributed by atoms with Crippen LogP contribution in [0.3, 0.4) is 0 Å². The molecule has 6 N–H and O–H groups in total. The fourth-order valence-corrected chi connectivity index (χ4v) is 0.751. The molecule has 1 atom stereocenters. The van der Waals surface area contributed by atoms with E-state index in [1.54, 1.807) is 13.8 Å². The number of aliphatic hydroxyl groups excluding tert-OH is 1. The average Bonchev–Trinajstić information content (AvgIpc) is 1.81. The van der Waals surface area contributed by atoms with E-state index >= 15 is 0 Å². The van der Waals surface area contributed by atoms with Crippen molar-refractivity contribution >= 4 is 11.6 Å². The smallest absolute Gasteiger partial charge is 0.0676 e. The third-order valence-corrected chi connectivity index (χ3v) is 1.62. The van der Waals surface area contributed by atoms with Crippen LogP contribution in [0.1, 0.15) is 26.7 Å². The van der Waals surface area contributed by atoms with Gasteiger partial charge in [0.15, 0.2) is 0 Å². The Labute approximate surface area is 85.1 Å². The molecule has 0 aliphatic carbocycles. The molecule has 0 amide bonds. The molecule has 5 heteroatoms. The maximum Gasteiger partial charge on any atom is 0.0676 e. The standard InChI is InChI=1S/C7H15ClO2.ClH.H3N/c1-7(2,10)4-3-6(9)5-8;;/h6,9-10H,3-5H2,1-2H3;1H;1H3. The van der Waals surface area contributed by atoms with Gasteiger partial charge in [-0.1, -0.05) is 0 Å². The van der Waals surface area contributed by atoms with Crippen LogP contribution in [0.5, 0.6) is 0 Å². The zero-order valence-electron chi connectivity index (χ0n) is 7.85. The SMILES string of the molecule is CC(C)(O)CCC(O)CCl.[Cl-].[NH4+]. The normalized spacial score (nSPS) is 12.8. The lowest BCUT2D eigenvalue weighted by atomic mass is 10.0. The van der Waals surface area contributed by atoms with Gasteiger partial charge in [-0.15, -0.1) is 11.6 Å². The van der Waals surface area contributed by atoms with Gasteiger partial charge in [0, 0.05) is 5.88 Å². The van der Waals surface area contributed by atoms with Crippen molar-refractivity contribution in [3.63, 3.8) is 0 Å². The van der Waals surface area contributed by atoms with Crippen LogP contribution in [-0.2, 0) is 0 Å². The van der Waals surface area contributed by atoms with Crippen LogP contribution in [0.4, 0.5) is 0 Å². The van der Waals surface area contributed by atoms with Gasteiger partial charge in [0.2, 0.25) is 0 Å². The van der Waals surface area contributed by atoms with E-state index in [4.69, 9.17) is 16.7 Å². The third-order valence-electron chi connectivity index (χ3n) is 1.27. The minimum atomic E-state index is -0.687. The molecule has 0 saturated heterocycles. The molecule has 0 saturated carbocycles. The van der Waals surface area contributed by atoms with Gasteiger partial charge in [-0.2, -0.15) is 0 Å². The summed E-state index contributed by atoms with van der Waals surface area (Å²) in [5.41, 5.74) is -0.687. The van der Waals surface area contributed by atoms with Crippen molar-refractivity contribution < 1.29 is 22.6 Å². The minimum Gasteiger partial charge on any atom is -1.00 e. The average molecular weight is 220 g/mol.